The minimum Gasteiger partial charge on any atom is -0.375 e. The van der Waals surface area contributed by atoms with Crippen LogP contribution < -0.4 is 5.73 Å². The Labute approximate surface area is 126 Å². The number of nitrogens with two attached hydrogens (primary N) is 1. The maximum atomic E-state index is 13.4. The molecule has 0 fully saturated rings. The molecule has 0 bridgehead atoms. The van der Waals surface area contributed by atoms with Gasteiger partial charge in [-0.2, -0.15) is 0 Å². The van der Waals surface area contributed by atoms with Crippen LogP contribution in [0.4, 0.5) is 9.52 Å². The van der Waals surface area contributed by atoms with E-state index in [0.29, 0.717) is 5.13 Å². The quantitative estimate of drug-likeness (QED) is 0.786. The first-order valence-corrected chi connectivity index (χ1v) is 7.90. The molecule has 0 amide bonds. The standard InChI is InChI=1S/C15H17FN4S/c1-2-20-13-8-10(16)6-7-12(13)19-14(20)5-3-4-11-9-21-15(17)18-11/h6-9H,2-5H2,1H3,(H2,17,18). The van der Waals surface area contributed by atoms with Gasteiger partial charge < -0.3 is 10.3 Å². The SMILES string of the molecule is CCn1c(CCCc2csc(N)n2)nc2ccc(F)cc21. The van der Waals surface area contributed by atoms with Crippen molar-refractivity contribution in [3.05, 3.63) is 40.9 Å². The summed E-state index contributed by atoms with van der Waals surface area (Å²) in [5.41, 5.74) is 8.38. The molecule has 0 radical (unpaired) electrons. The number of aromatic nitrogens is 3. The first-order chi connectivity index (χ1) is 10.2. The number of imidazole rings is 1. The van der Waals surface area contributed by atoms with Gasteiger partial charge in [-0.1, -0.05) is 0 Å². The second-order valence-electron chi connectivity index (χ2n) is 4.94. The molecular formula is C15H17FN4S. The minimum atomic E-state index is -0.221. The summed E-state index contributed by atoms with van der Waals surface area (Å²) in [6.45, 7) is 2.84. The molecule has 2 aromatic heterocycles. The highest BCUT2D eigenvalue weighted by Crippen LogP contribution is 2.19. The molecule has 0 saturated carbocycles. The van der Waals surface area contributed by atoms with Crippen LogP contribution in [0.15, 0.2) is 23.6 Å². The van der Waals surface area contributed by atoms with E-state index in [1.165, 1.54) is 17.4 Å². The lowest BCUT2D eigenvalue weighted by molar-refractivity contribution is 0.627. The van der Waals surface area contributed by atoms with Gasteiger partial charge >= 0.3 is 0 Å². The molecule has 0 aliphatic heterocycles. The van der Waals surface area contributed by atoms with Crippen LogP contribution in [0.2, 0.25) is 0 Å². The third kappa shape index (κ3) is 2.90. The highest BCUT2D eigenvalue weighted by atomic mass is 32.1. The van der Waals surface area contributed by atoms with Gasteiger partial charge in [0.2, 0.25) is 0 Å². The van der Waals surface area contributed by atoms with E-state index in [2.05, 4.69) is 21.5 Å². The van der Waals surface area contributed by atoms with Crippen LogP contribution in [0.1, 0.15) is 24.9 Å². The molecule has 4 nitrogen and oxygen atoms in total. The zero-order valence-electron chi connectivity index (χ0n) is 11.8. The average Bonchev–Trinajstić information content (AvgIpc) is 3.02. The van der Waals surface area contributed by atoms with E-state index in [0.717, 1.165) is 48.4 Å². The van der Waals surface area contributed by atoms with E-state index in [1.54, 1.807) is 12.1 Å². The van der Waals surface area contributed by atoms with Crippen molar-refractivity contribution in [2.75, 3.05) is 5.73 Å². The summed E-state index contributed by atoms with van der Waals surface area (Å²) in [6.07, 6.45) is 2.69. The second-order valence-corrected chi connectivity index (χ2v) is 5.83. The van der Waals surface area contributed by atoms with Crippen molar-refractivity contribution in [3.8, 4) is 0 Å². The molecule has 0 spiro atoms. The molecule has 3 rings (SSSR count). The Morgan fingerprint density at radius 1 is 1.29 bits per heavy atom. The van der Waals surface area contributed by atoms with Gasteiger partial charge in [0.05, 0.1) is 16.7 Å². The number of hydrogen-bond acceptors (Lipinski definition) is 4. The Hall–Kier alpha value is -1.95. The topological polar surface area (TPSA) is 56.7 Å². The zero-order valence-corrected chi connectivity index (χ0v) is 12.7. The van der Waals surface area contributed by atoms with Gasteiger partial charge in [0.25, 0.3) is 0 Å². The van der Waals surface area contributed by atoms with Crippen molar-refractivity contribution in [1.82, 2.24) is 14.5 Å². The molecule has 0 saturated heterocycles. The Morgan fingerprint density at radius 3 is 2.86 bits per heavy atom. The van der Waals surface area contributed by atoms with E-state index in [4.69, 9.17) is 5.73 Å². The van der Waals surface area contributed by atoms with Gasteiger partial charge in [0.15, 0.2) is 5.13 Å². The highest BCUT2D eigenvalue weighted by molar-refractivity contribution is 7.13. The van der Waals surface area contributed by atoms with Crippen LogP contribution in [-0.2, 0) is 19.4 Å². The molecule has 6 heteroatoms. The number of aryl methyl sites for hydroxylation is 3. The molecule has 0 aliphatic rings. The van der Waals surface area contributed by atoms with E-state index in [1.807, 2.05) is 5.38 Å². The van der Waals surface area contributed by atoms with Crippen LogP contribution in [0, 0.1) is 5.82 Å². The summed E-state index contributed by atoms with van der Waals surface area (Å²) in [7, 11) is 0. The first kappa shape index (κ1) is 14.0. The van der Waals surface area contributed by atoms with Crippen LogP contribution in [0.25, 0.3) is 11.0 Å². The van der Waals surface area contributed by atoms with Crippen LogP contribution >= 0.6 is 11.3 Å². The van der Waals surface area contributed by atoms with Crippen molar-refractivity contribution in [1.29, 1.82) is 0 Å². The maximum absolute atomic E-state index is 13.4. The molecule has 21 heavy (non-hydrogen) atoms. The van der Waals surface area contributed by atoms with Crippen LogP contribution in [0.5, 0.6) is 0 Å². The lowest BCUT2D eigenvalue weighted by atomic mass is 10.2. The fraction of sp³-hybridized carbons (Fsp3) is 0.333. The Bertz CT molecular complexity index is 762. The van der Waals surface area contributed by atoms with Crippen LogP contribution in [0.3, 0.4) is 0 Å². The van der Waals surface area contributed by atoms with Crippen molar-refractivity contribution in [2.24, 2.45) is 0 Å². The van der Waals surface area contributed by atoms with E-state index >= 15 is 0 Å². The summed E-state index contributed by atoms with van der Waals surface area (Å²) >= 11 is 1.47. The third-order valence-electron chi connectivity index (χ3n) is 3.51. The lowest BCUT2D eigenvalue weighted by Crippen LogP contribution is -2.03. The van der Waals surface area contributed by atoms with Crippen molar-refractivity contribution < 1.29 is 4.39 Å². The number of benzene rings is 1. The van der Waals surface area contributed by atoms with Gasteiger partial charge in [-0.3, -0.25) is 0 Å². The summed E-state index contributed by atoms with van der Waals surface area (Å²) in [5, 5.41) is 2.61. The second kappa shape index (κ2) is 5.81. The highest BCUT2D eigenvalue weighted by Gasteiger charge is 2.10. The Morgan fingerprint density at radius 2 is 2.14 bits per heavy atom. The zero-order chi connectivity index (χ0) is 14.8. The average molecular weight is 304 g/mol. The normalized spacial score (nSPS) is 11.3. The molecule has 3 aromatic rings. The predicted molar refractivity (Wildman–Crippen MR) is 83.9 cm³/mol. The predicted octanol–water partition coefficient (Wildman–Crippen LogP) is 3.41. The number of thiazole rings is 1. The smallest absolute Gasteiger partial charge is 0.180 e. The third-order valence-corrected chi connectivity index (χ3v) is 4.23. The van der Waals surface area contributed by atoms with Gasteiger partial charge in [-0.25, -0.2) is 14.4 Å². The van der Waals surface area contributed by atoms with Crippen LogP contribution in [-0.4, -0.2) is 14.5 Å². The molecule has 0 unspecified atom stereocenters. The Balaban J connectivity index is 1.77. The number of nitrogens with zero attached hydrogens (tertiary/aromatic N) is 3. The summed E-state index contributed by atoms with van der Waals surface area (Å²) in [6, 6.07) is 4.75. The molecule has 110 valence electrons. The minimum absolute atomic E-state index is 0.221. The summed E-state index contributed by atoms with van der Waals surface area (Å²) in [4.78, 5) is 8.87. The van der Waals surface area contributed by atoms with Crippen molar-refractivity contribution >= 4 is 27.5 Å². The molecule has 1 aromatic carbocycles. The van der Waals surface area contributed by atoms with Gasteiger partial charge in [-0.15, -0.1) is 11.3 Å². The fourth-order valence-corrected chi connectivity index (χ4v) is 3.15. The van der Waals surface area contributed by atoms with E-state index < -0.39 is 0 Å². The number of anilines is 1. The number of fused-ring (bicyclic) bond motifs is 1. The number of halogens is 1. The number of hydrogen-bond donors (Lipinski definition) is 1. The van der Waals surface area contributed by atoms with Gasteiger partial charge in [-0.05, 0) is 38.0 Å². The molecule has 0 atom stereocenters. The van der Waals surface area contributed by atoms with Crippen molar-refractivity contribution in [2.45, 2.75) is 32.7 Å². The largest absolute Gasteiger partial charge is 0.375 e. The Kier molecular flexibility index (Phi) is 3.88. The maximum Gasteiger partial charge on any atom is 0.180 e. The summed E-state index contributed by atoms with van der Waals surface area (Å²) < 4.78 is 15.5. The summed E-state index contributed by atoms with van der Waals surface area (Å²) in [5.74, 6) is 0.780. The van der Waals surface area contributed by atoms with E-state index in [-0.39, 0.29) is 5.82 Å². The monoisotopic (exact) mass is 304 g/mol. The number of rotatable bonds is 5. The van der Waals surface area contributed by atoms with Crippen molar-refractivity contribution in [3.63, 3.8) is 0 Å². The molecule has 2 N–H and O–H groups in total. The van der Waals surface area contributed by atoms with Gasteiger partial charge in [0.1, 0.15) is 11.6 Å². The lowest BCUT2D eigenvalue weighted by Gasteiger charge is -2.05. The number of nitrogen functional groups attached to an aromatic ring is 1. The molecule has 2 heterocycles. The first-order valence-electron chi connectivity index (χ1n) is 7.02. The van der Waals surface area contributed by atoms with E-state index in [9.17, 15) is 4.39 Å². The van der Waals surface area contributed by atoms with Gasteiger partial charge in [0, 0.05) is 18.3 Å². The molecule has 0 aliphatic carbocycles. The molecular weight excluding hydrogens is 287 g/mol. The fourth-order valence-electron chi connectivity index (χ4n) is 2.55.